The van der Waals surface area contributed by atoms with E-state index < -0.39 is 16.4 Å². The molecular weight excluding hydrogens is 273 g/mol. The third kappa shape index (κ3) is 3.57. The SMILES string of the molecule is CCC(C)[C@H](c1ccc(F)c([N+](=O)[O-])c1)N1CCNCC1. The zero-order valence-electron chi connectivity index (χ0n) is 12.5. The Labute approximate surface area is 124 Å². The molecule has 6 heteroatoms. The highest BCUT2D eigenvalue weighted by atomic mass is 19.1. The second-order valence-corrected chi connectivity index (χ2v) is 5.58. The number of hydrogen-bond donors (Lipinski definition) is 1. The lowest BCUT2D eigenvalue weighted by molar-refractivity contribution is -0.387. The molecule has 0 spiro atoms. The zero-order chi connectivity index (χ0) is 15.4. The van der Waals surface area contributed by atoms with Crippen LogP contribution in [0, 0.1) is 21.8 Å². The molecular formula is C15H22FN3O2. The fraction of sp³-hybridized carbons (Fsp3) is 0.600. The first-order chi connectivity index (χ1) is 10.0. The Morgan fingerprint density at radius 2 is 2.10 bits per heavy atom. The van der Waals surface area contributed by atoms with E-state index >= 15 is 0 Å². The average molecular weight is 295 g/mol. The van der Waals surface area contributed by atoms with Crippen molar-refractivity contribution in [3.63, 3.8) is 0 Å². The average Bonchev–Trinajstić information content (AvgIpc) is 2.49. The Kier molecular flexibility index (Phi) is 5.25. The predicted octanol–water partition coefficient (Wildman–Crippen LogP) is 2.73. The Bertz CT molecular complexity index is 504. The number of nitro groups is 1. The second kappa shape index (κ2) is 6.95. The molecule has 1 fully saturated rings. The van der Waals surface area contributed by atoms with Gasteiger partial charge in [0.15, 0.2) is 0 Å². The molecule has 1 N–H and O–H groups in total. The summed E-state index contributed by atoms with van der Waals surface area (Å²) in [5, 5.41) is 14.3. The molecule has 0 saturated carbocycles. The van der Waals surface area contributed by atoms with Crippen molar-refractivity contribution < 1.29 is 9.31 Å². The summed E-state index contributed by atoms with van der Waals surface area (Å²) in [6.07, 6.45) is 0.972. The fourth-order valence-corrected chi connectivity index (χ4v) is 2.94. The maximum Gasteiger partial charge on any atom is 0.305 e. The second-order valence-electron chi connectivity index (χ2n) is 5.58. The summed E-state index contributed by atoms with van der Waals surface area (Å²) in [7, 11) is 0. The summed E-state index contributed by atoms with van der Waals surface area (Å²) >= 11 is 0. The fourth-order valence-electron chi connectivity index (χ4n) is 2.94. The minimum atomic E-state index is -0.771. The van der Waals surface area contributed by atoms with Gasteiger partial charge in [0.25, 0.3) is 0 Å². The van der Waals surface area contributed by atoms with Gasteiger partial charge in [-0.2, -0.15) is 4.39 Å². The van der Waals surface area contributed by atoms with Crippen molar-refractivity contribution in [3.8, 4) is 0 Å². The maximum atomic E-state index is 13.5. The van der Waals surface area contributed by atoms with E-state index in [4.69, 9.17) is 0 Å². The van der Waals surface area contributed by atoms with Gasteiger partial charge < -0.3 is 5.32 Å². The minimum Gasteiger partial charge on any atom is -0.314 e. The number of hydrogen-bond acceptors (Lipinski definition) is 4. The third-order valence-electron chi connectivity index (χ3n) is 4.24. The summed E-state index contributed by atoms with van der Waals surface area (Å²) in [4.78, 5) is 12.6. The van der Waals surface area contributed by atoms with E-state index in [1.54, 1.807) is 6.07 Å². The van der Waals surface area contributed by atoms with Crippen molar-refractivity contribution >= 4 is 5.69 Å². The van der Waals surface area contributed by atoms with Gasteiger partial charge in [-0.1, -0.05) is 26.3 Å². The molecule has 0 bridgehead atoms. The number of nitro benzene ring substituents is 1. The van der Waals surface area contributed by atoms with E-state index in [2.05, 4.69) is 24.1 Å². The topological polar surface area (TPSA) is 58.4 Å². The molecule has 1 aromatic carbocycles. The van der Waals surface area contributed by atoms with Crippen LogP contribution in [0.1, 0.15) is 31.9 Å². The van der Waals surface area contributed by atoms with E-state index in [1.807, 2.05) is 0 Å². The van der Waals surface area contributed by atoms with Crippen LogP contribution in [0.3, 0.4) is 0 Å². The molecule has 1 unspecified atom stereocenters. The van der Waals surface area contributed by atoms with Gasteiger partial charge in [-0.15, -0.1) is 0 Å². The van der Waals surface area contributed by atoms with Crippen LogP contribution < -0.4 is 5.32 Å². The lowest BCUT2D eigenvalue weighted by Crippen LogP contribution is -2.46. The van der Waals surface area contributed by atoms with E-state index in [9.17, 15) is 14.5 Å². The number of halogens is 1. The van der Waals surface area contributed by atoms with Crippen molar-refractivity contribution in [2.45, 2.75) is 26.3 Å². The first-order valence-corrected chi connectivity index (χ1v) is 7.43. The lowest BCUT2D eigenvalue weighted by Gasteiger charge is -2.38. The Morgan fingerprint density at radius 1 is 1.43 bits per heavy atom. The van der Waals surface area contributed by atoms with Gasteiger partial charge in [-0.3, -0.25) is 15.0 Å². The summed E-state index contributed by atoms with van der Waals surface area (Å²) in [5.74, 6) is -0.417. The minimum absolute atomic E-state index is 0.0939. The molecule has 0 amide bonds. The van der Waals surface area contributed by atoms with Gasteiger partial charge in [0.2, 0.25) is 5.82 Å². The smallest absolute Gasteiger partial charge is 0.305 e. The van der Waals surface area contributed by atoms with Crippen molar-refractivity contribution in [1.82, 2.24) is 10.2 Å². The normalized spacial score (nSPS) is 19.2. The number of piperazine rings is 1. The van der Waals surface area contributed by atoms with Crippen LogP contribution in [0.5, 0.6) is 0 Å². The Hall–Kier alpha value is -1.53. The van der Waals surface area contributed by atoms with Gasteiger partial charge >= 0.3 is 5.69 Å². The van der Waals surface area contributed by atoms with E-state index in [0.717, 1.165) is 38.2 Å². The van der Waals surface area contributed by atoms with Crippen LogP contribution >= 0.6 is 0 Å². The molecule has 0 aromatic heterocycles. The summed E-state index contributed by atoms with van der Waals surface area (Å²) < 4.78 is 13.5. The maximum absolute atomic E-state index is 13.5. The predicted molar refractivity (Wildman–Crippen MR) is 79.7 cm³/mol. The number of rotatable bonds is 5. The molecule has 21 heavy (non-hydrogen) atoms. The highest BCUT2D eigenvalue weighted by Crippen LogP contribution is 2.33. The molecule has 2 rings (SSSR count). The molecule has 1 aromatic rings. The van der Waals surface area contributed by atoms with Crippen molar-refractivity contribution in [2.75, 3.05) is 26.2 Å². The molecule has 0 aliphatic carbocycles. The monoisotopic (exact) mass is 295 g/mol. The quantitative estimate of drug-likeness (QED) is 0.670. The van der Waals surface area contributed by atoms with Crippen LogP contribution in [0.2, 0.25) is 0 Å². The third-order valence-corrected chi connectivity index (χ3v) is 4.24. The summed E-state index contributed by atoms with van der Waals surface area (Å²) in [6.45, 7) is 7.88. The number of nitrogens with one attached hydrogen (secondary N) is 1. The number of nitrogens with zero attached hydrogens (tertiary/aromatic N) is 2. The molecule has 1 aliphatic rings. The van der Waals surface area contributed by atoms with Crippen molar-refractivity contribution in [2.24, 2.45) is 5.92 Å². The largest absolute Gasteiger partial charge is 0.314 e. The number of benzene rings is 1. The zero-order valence-corrected chi connectivity index (χ0v) is 12.5. The van der Waals surface area contributed by atoms with E-state index in [0.29, 0.717) is 5.92 Å². The summed E-state index contributed by atoms with van der Waals surface area (Å²) in [6, 6.07) is 4.39. The van der Waals surface area contributed by atoms with Crippen LogP contribution in [0.15, 0.2) is 18.2 Å². The van der Waals surface area contributed by atoms with E-state index in [-0.39, 0.29) is 6.04 Å². The van der Waals surface area contributed by atoms with Crippen LogP contribution in [0.25, 0.3) is 0 Å². The van der Waals surface area contributed by atoms with Gasteiger partial charge in [0.1, 0.15) is 0 Å². The lowest BCUT2D eigenvalue weighted by atomic mass is 9.90. The van der Waals surface area contributed by atoms with Crippen molar-refractivity contribution in [1.29, 1.82) is 0 Å². The van der Waals surface area contributed by atoms with Gasteiger partial charge in [-0.25, -0.2) is 0 Å². The van der Waals surface area contributed by atoms with Gasteiger partial charge in [0, 0.05) is 38.3 Å². The molecule has 116 valence electrons. The standard InChI is InChI=1S/C15H22FN3O2/c1-3-11(2)15(18-8-6-17-7-9-18)12-4-5-13(16)14(10-12)19(20)21/h4-5,10-11,15,17H,3,6-9H2,1-2H3/t11?,15-/m1/s1. The van der Waals surface area contributed by atoms with Gasteiger partial charge in [-0.05, 0) is 17.5 Å². The Morgan fingerprint density at radius 3 is 2.67 bits per heavy atom. The molecule has 5 nitrogen and oxygen atoms in total. The molecule has 1 saturated heterocycles. The van der Waals surface area contributed by atoms with Crippen molar-refractivity contribution in [3.05, 3.63) is 39.7 Å². The molecule has 1 aliphatic heterocycles. The molecule has 2 atom stereocenters. The van der Waals surface area contributed by atoms with Crippen LogP contribution in [0.4, 0.5) is 10.1 Å². The molecule has 0 radical (unpaired) electrons. The van der Waals surface area contributed by atoms with Crippen LogP contribution in [-0.2, 0) is 0 Å². The highest BCUT2D eigenvalue weighted by Gasteiger charge is 2.28. The Balaban J connectivity index is 2.36. The summed E-state index contributed by atoms with van der Waals surface area (Å²) in [5.41, 5.74) is 0.398. The van der Waals surface area contributed by atoms with Crippen LogP contribution in [-0.4, -0.2) is 36.0 Å². The van der Waals surface area contributed by atoms with Gasteiger partial charge in [0.05, 0.1) is 4.92 Å². The first-order valence-electron chi connectivity index (χ1n) is 7.43. The highest BCUT2D eigenvalue weighted by molar-refractivity contribution is 5.37. The first kappa shape index (κ1) is 15.9. The van der Waals surface area contributed by atoms with E-state index in [1.165, 1.54) is 12.1 Å². The molecule has 1 heterocycles.